The van der Waals surface area contributed by atoms with Gasteiger partial charge in [-0.3, -0.25) is 14.3 Å². The molecule has 9 nitrogen and oxygen atoms in total. The molecule has 176 valence electrons. The van der Waals surface area contributed by atoms with Gasteiger partial charge >= 0.3 is 0 Å². The summed E-state index contributed by atoms with van der Waals surface area (Å²) < 4.78 is 21.7. The van der Waals surface area contributed by atoms with Gasteiger partial charge in [-0.25, -0.2) is 4.39 Å². The second kappa shape index (κ2) is 9.93. The standard InChI is InChI=1S/C22H31FN4O5/c1-22(2,3)19(21(31)24-10-13(29)12-28)25-20(30)17-15-7-4-8-16(23)18(15)27(26-17)11-14-6-5-9-32-14/h4,7-8,13-14,19,28-29H,5-6,9-12H2,1-3H3,(H,24,31)(H,25,30)/t13?,14?,19-/m1/s1. The molecule has 3 atom stereocenters. The van der Waals surface area contributed by atoms with Gasteiger partial charge in [-0.05, 0) is 24.3 Å². The second-order valence-corrected chi connectivity index (χ2v) is 9.16. The van der Waals surface area contributed by atoms with Crippen LogP contribution in [0.15, 0.2) is 18.2 Å². The normalized spacial score (nSPS) is 18.5. The fourth-order valence-electron chi connectivity index (χ4n) is 3.73. The number of aliphatic hydroxyl groups excluding tert-OH is 2. The third kappa shape index (κ3) is 5.43. The van der Waals surface area contributed by atoms with Crippen LogP contribution in [0.5, 0.6) is 0 Å². The molecular formula is C22H31FN4O5. The molecule has 32 heavy (non-hydrogen) atoms. The number of amides is 2. The SMILES string of the molecule is CC(C)(C)[C@H](NC(=O)c1nn(CC2CCCO2)c2c(F)cccc12)C(=O)NCC(O)CO. The van der Waals surface area contributed by atoms with Gasteiger partial charge in [0.25, 0.3) is 5.91 Å². The van der Waals surface area contributed by atoms with Crippen LogP contribution in [0.3, 0.4) is 0 Å². The lowest BCUT2D eigenvalue weighted by molar-refractivity contribution is -0.125. The smallest absolute Gasteiger partial charge is 0.273 e. The molecule has 1 aliphatic heterocycles. The predicted molar refractivity (Wildman–Crippen MR) is 115 cm³/mol. The molecule has 1 aliphatic rings. The summed E-state index contributed by atoms with van der Waals surface area (Å²) in [7, 11) is 0. The number of nitrogens with zero attached hydrogens (tertiary/aromatic N) is 2. The summed E-state index contributed by atoms with van der Waals surface area (Å²) in [6.45, 7) is 5.68. The van der Waals surface area contributed by atoms with Gasteiger partial charge in [-0.15, -0.1) is 0 Å². The minimum atomic E-state index is -1.10. The zero-order valence-electron chi connectivity index (χ0n) is 18.6. The topological polar surface area (TPSA) is 126 Å². The third-order valence-electron chi connectivity index (χ3n) is 5.46. The summed E-state index contributed by atoms with van der Waals surface area (Å²) in [5, 5.41) is 28.4. The van der Waals surface area contributed by atoms with Crippen molar-refractivity contribution >= 4 is 22.7 Å². The lowest BCUT2D eigenvalue weighted by Gasteiger charge is -2.30. The first kappa shape index (κ1) is 24.1. The van der Waals surface area contributed by atoms with E-state index in [0.717, 1.165) is 12.8 Å². The molecule has 2 amide bonds. The first-order chi connectivity index (χ1) is 15.1. The van der Waals surface area contributed by atoms with Crippen molar-refractivity contribution < 1.29 is 28.9 Å². The van der Waals surface area contributed by atoms with Gasteiger partial charge in [0, 0.05) is 18.5 Å². The van der Waals surface area contributed by atoms with E-state index >= 15 is 0 Å². The first-order valence-corrected chi connectivity index (χ1v) is 10.8. The van der Waals surface area contributed by atoms with Crippen LogP contribution < -0.4 is 10.6 Å². The van der Waals surface area contributed by atoms with Crippen molar-refractivity contribution in [2.45, 2.75) is 58.4 Å². The Kier molecular flexibility index (Phi) is 7.47. The maximum absolute atomic E-state index is 14.6. The van der Waals surface area contributed by atoms with Crippen LogP contribution in [0.4, 0.5) is 4.39 Å². The molecule has 2 heterocycles. The van der Waals surface area contributed by atoms with E-state index in [2.05, 4.69) is 15.7 Å². The third-order valence-corrected chi connectivity index (χ3v) is 5.46. The Morgan fingerprint density at radius 2 is 2.12 bits per heavy atom. The Morgan fingerprint density at radius 1 is 1.38 bits per heavy atom. The highest BCUT2D eigenvalue weighted by molar-refractivity contribution is 6.06. The molecule has 0 bridgehead atoms. The highest BCUT2D eigenvalue weighted by atomic mass is 19.1. The number of nitrogens with one attached hydrogen (secondary N) is 2. The van der Waals surface area contributed by atoms with Crippen LogP contribution in [0.1, 0.15) is 44.1 Å². The minimum Gasteiger partial charge on any atom is -0.394 e. The molecule has 1 fully saturated rings. The molecule has 4 N–H and O–H groups in total. The quantitative estimate of drug-likeness (QED) is 0.475. The summed E-state index contributed by atoms with van der Waals surface area (Å²) in [6.07, 6.45) is 0.562. The van der Waals surface area contributed by atoms with Gasteiger partial charge in [0.2, 0.25) is 5.91 Å². The lowest BCUT2D eigenvalue weighted by Crippen LogP contribution is -2.54. The average Bonchev–Trinajstić information content (AvgIpc) is 3.38. The highest BCUT2D eigenvalue weighted by Gasteiger charge is 2.34. The van der Waals surface area contributed by atoms with E-state index in [9.17, 15) is 19.1 Å². The molecule has 1 aromatic carbocycles. The zero-order chi connectivity index (χ0) is 23.5. The molecule has 1 aromatic heterocycles. The first-order valence-electron chi connectivity index (χ1n) is 10.8. The number of ether oxygens (including phenoxy) is 1. The van der Waals surface area contributed by atoms with Crippen LogP contribution in [-0.4, -0.2) is 69.8 Å². The zero-order valence-corrected chi connectivity index (χ0v) is 18.6. The number of fused-ring (bicyclic) bond motifs is 1. The van der Waals surface area contributed by atoms with Crippen LogP contribution in [0.25, 0.3) is 10.9 Å². The number of hydrogen-bond donors (Lipinski definition) is 4. The Bertz CT molecular complexity index is 965. The van der Waals surface area contributed by atoms with Crippen molar-refractivity contribution in [2.75, 3.05) is 19.8 Å². The van der Waals surface area contributed by atoms with Crippen LogP contribution in [0, 0.1) is 11.2 Å². The largest absolute Gasteiger partial charge is 0.394 e. The van der Waals surface area contributed by atoms with E-state index in [1.54, 1.807) is 26.8 Å². The molecule has 0 spiro atoms. The fraction of sp³-hybridized carbons (Fsp3) is 0.591. The second-order valence-electron chi connectivity index (χ2n) is 9.16. The van der Waals surface area contributed by atoms with Crippen LogP contribution in [0.2, 0.25) is 0 Å². The molecule has 10 heteroatoms. The average molecular weight is 451 g/mol. The van der Waals surface area contributed by atoms with Crippen LogP contribution in [-0.2, 0) is 16.1 Å². The summed E-state index contributed by atoms with van der Waals surface area (Å²) in [6, 6.07) is 3.50. The Balaban J connectivity index is 1.87. The maximum atomic E-state index is 14.6. The number of aromatic nitrogens is 2. The van der Waals surface area contributed by atoms with E-state index in [4.69, 9.17) is 9.84 Å². The molecule has 1 saturated heterocycles. The number of aliphatic hydroxyl groups is 2. The van der Waals surface area contributed by atoms with Gasteiger partial charge in [0.1, 0.15) is 17.4 Å². The Labute approximate surface area is 185 Å². The van der Waals surface area contributed by atoms with Gasteiger partial charge in [0.05, 0.1) is 25.4 Å². The minimum absolute atomic E-state index is 0.0231. The fourth-order valence-corrected chi connectivity index (χ4v) is 3.73. The van der Waals surface area contributed by atoms with Crippen molar-refractivity contribution in [3.05, 3.63) is 29.7 Å². The molecule has 0 saturated carbocycles. The summed E-state index contributed by atoms with van der Waals surface area (Å²) in [5.41, 5.74) is -0.420. The predicted octanol–water partition coefficient (Wildman–Crippen LogP) is 0.968. The molecule has 0 aliphatic carbocycles. The van der Waals surface area contributed by atoms with E-state index in [0.29, 0.717) is 18.5 Å². The van der Waals surface area contributed by atoms with Gasteiger partial charge < -0.3 is 25.6 Å². The number of carbonyl (C=O) groups excluding carboxylic acids is 2. The number of para-hydroxylation sites is 1. The van der Waals surface area contributed by atoms with E-state index in [-0.39, 0.29) is 23.9 Å². The number of halogens is 1. The van der Waals surface area contributed by atoms with Crippen LogP contribution >= 0.6 is 0 Å². The monoisotopic (exact) mass is 450 g/mol. The molecule has 2 unspecified atom stereocenters. The number of rotatable bonds is 8. The number of hydrogen-bond acceptors (Lipinski definition) is 6. The summed E-state index contributed by atoms with van der Waals surface area (Å²) >= 11 is 0. The van der Waals surface area contributed by atoms with Crippen molar-refractivity contribution in [3.8, 4) is 0 Å². The summed E-state index contributed by atoms with van der Waals surface area (Å²) in [4.78, 5) is 25.9. The lowest BCUT2D eigenvalue weighted by atomic mass is 9.86. The van der Waals surface area contributed by atoms with Gasteiger partial charge in [0.15, 0.2) is 5.69 Å². The molecule has 0 radical (unpaired) electrons. The van der Waals surface area contributed by atoms with Gasteiger partial charge in [-0.1, -0.05) is 32.9 Å². The van der Waals surface area contributed by atoms with Crippen molar-refractivity contribution in [1.29, 1.82) is 0 Å². The molecule has 3 rings (SSSR count). The summed E-state index contributed by atoms with van der Waals surface area (Å²) in [5.74, 6) is -1.60. The van der Waals surface area contributed by atoms with Crippen molar-refractivity contribution in [2.24, 2.45) is 5.41 Å². The van der Waals surface area contributed by atoms with Crippen molar-refractivity contribution in [1.82, 2.24) is 20.4 Å². The number of benzene rings is 1. The van der Waals surface area contributed by atoms with Gasteiger partial charge in [-0.2, -0.15) is 5.10 Å². The highest BCUT2D eigenvalue weighted by Crippen LogP contribution is 2.25. The molecular weight excluding hydrogens is 419 g/mol. The van der Waals surface area contributed by atoms with E-state index < -0.39 is 41.8 Å². The van der Waals surface area contributed by atoms with E-state index in [1.807, 2.05) is 0 Å². The van der Waals surface area contributed by atoms with Crippen molar-refractivity contribution in [3.63, 3.8) is 0 Å². The Morgan fingerprint density at radius 3 is 2.75 bits per heavy atom. The Hall–Kier alpha value is -2.56. The molecule has 2 aromatic rings. The van der Waals surface area contributed by atoms with E-state index in [1.165, 1.54) is 16.8 Å². The maximum Gasteiger partial charge on any atom is 0.273 e. The number of carbonyl (C=O) groups is 2.